The largest absolute Gasteiger partial charge is 0.322 e. The van der Waals surface area contributed by atoms with Gasteiger partial charge in [-0.05, 0) is 36.4 Å². The number of rotatable bonds is 2. The van der Waals surface area contributed by atoms with Crippen LogP contribution in [0.2, 0.25) is 5.02 Å². The first-order valence-corrected chi connectivity index (χ1v) is 5.85. The molecule has 0 saturated heterocycles. The molecule has 3 nitrogen and oxygen atoms in total. The van der Waals surface area contributed by atoms with Gasteiger partial charge in [0.05, 0.1) is 22.2 Å². The Balaban J connectivity index is 2.24. The van der Waals surface area contributed by atoms with Crippen LogP contribution in [-0.2, 0) is 0 Å². The van der Waals surface area contributed by atoms with E-state index in [4.69, 9.17) is 16.9 Å². The van der Waals surface area contributed by atoms with Crippen LogP contribution in [0.3, 0.4) is 0 Å². The molecule has 0 radical (unpaired) electrons. The summed E-state index contributed by atoms with van der Waals surface area (Å²) in [5.41, 5.74) is 0.137. The fraction of sp³-hybridized carbons (Fsp3) is 0. The van der Waals surface area contributed by atoms with E-state index >= 15 is 0 Å². The first kappa shape index (κ1) is 14.0. The quantitative estimate of drug-likeness (QED) is 0.916. The van der Waals surface area contributed by atoms with Crippen molar-refractivity contribution in [2.75, 3.05) is 5.32 Å². The maximum Gasteiger partial charge on any atom is 0.258 e. The van der Waals surface area contributed by atoms with Gasteiger partial charge in [-0.1, -0.05) is 11.6 Å². The summed E-state index contributed by atoms with van der Waals surface area (Å²) < 4.78 is 26.6. The molecule has 100 valence electrons. The monoisotopic (exact) mass is 292 g/mol. The van der Waals surface area contributed by atoms with Crippen LogP contribution in [0.15, 0.2) is 36.4 Å². The first-order chi connectivity index (χ1) is 9.51. The van der Waals surface area contributed by atoms with E-state index in [2.05, 4.69) is 5.32 Å². The Bertz CT molecular complexity index is 726. The Labute approximate surface area is 118 Å². The van der Waals surface area contributed by atoms with Crippen molar-refractivity contribution >= 4 is 23.2 Å². The van der Waals surface area contributed by atoms with Gasteiger partial charge in [-0.2, -0.15) is 5.26 Å². The predicted octanol–water partition coefficient (Wildman–Crippen LogP) is 3.74. The van der Waals surface area contributed by atoms with Crippen molar-refractivity contribution in [2.24, 2.45) is 0 Å². The fourth-order valence-corrected chi connectivity index (χ4v) is 1.72. The molecule has 0 atom stereocenters. The molecule has 0 unspecified atom stereocenters. The normalized spacial score (nSPS) is 9.90. The maximum absolute atomic E-state index is 13.6. The first-order valence-electron chi connectivity index (χ1n) is 5.47. The van der Waals surface area contributed by atoms with Gasteiger partial charge in [0.2, 0.25) is 0 Å². The summed E-state index contributed by atoms with van der Waals surface area (Å²) in [6.07, 6.45) is 0. The Morgan fingerprint density at radius 3 is 2.50 bits per heavy atom. The van der Waals surface area contributed by atoms with Crippen LogP contribution >= 0.6 is 11.6 Å². The third-order valence-electron chi connectivity index (χ3n) is 2.52. The average molecular weight is 293 g/mol. The number of nitriles is 1. The number of anilines is 1. The third kappa shape index (κ3) is 2.92. The Morgan fingerprint density at radius 1 is 1.15 bits per heavy atom. The van der Waals surface area contributed by atoms with Crippen LogP contribution in [0.1, 0.15) is 15.9 Å². The standard InChI is InChI=1S/C14H7ClF2N2O/c15-11-6-9(2-4-12(11)16)19-14(20)10-3-1-8(7-18)5-13(10)17/h1-6H,(H,19,20). The molecule has 2 aromatic carbocycles. The van der Waals surface area contributed by atoms with Gasteiger partial charge >= 0.3 is 0 Å². The summed E-state index contributed by atoms with van der Waals surface area (Å²) >= 11 is 5.58. The molecule has 0 heterocycles. The smallest absolute Gasteiger partial charge is 0.258 e. The zero-order chi connectivity index (χ0) is 14.7. The number of carbonyl (C=O) groups excluding carboxylic acids is 1. The SMILES string of the molecule is N#Cc1ccc(C(=O)Nc2ccc(F)c(Cl)c2)c(F)c1. The number of amides is 1. The van der Waals surface area contributed by atoms with E-state index in [-0.39, 0.29) is 21.8 Å². The number of hydrogen-bond donors (Lipinski definition) is 1. The molecular formula is C14H7ClF2N2O. The van der Waals surface area contributed by atoms with Crippen molar-refractivity contribution in [2.45, 2.75) is 0 Å². The topological polar surface area (TPSA) is 52.9 Å². The minimum Gasteiger partial charge on any atom is -0.322 e. The van der Waals surface area contributed by atoms with Crippen molar-refractivity contribution < 1.29 is 13.6 Å². The van der Waals surface area contributed by atoms with Crippen molar-refractivity contribution in [1.82, 2.24) is 0 Å². The molecular weight excluding hydrogens is 286 g/mol. The van der Waals surface area contributed by atoms with Crippen molar-refractivity contribution in [3.63, 3.8) is 0 Å². The molecule has 0 aliphatic rings. The minimum absolute atomic E-state index is 0.115. The molecule has 6 heteroatoms. The van der Waals surface area contributed by atoms with Crippen molar-refractivity contribution in [1.29, 1.82) is 5.26 Å². The highest BCUT2D eigenvalue weighted by atomic mass is 35.5. The van der Waals surface area contributed by atoms with Crippen LogP contribution < -0.4 is 5.32 Å². The van der Waals surface area contributed by atoms with Crippen LogP contribution in [0, 0.1) is 23.0 Å². The molecule has 2 rings (SSSR count). The Morgan fingerprint density at radius 2 is 1.90 bits per heavy atom. The Hall–Kier alpha value is -2.45. The highest BCUT2D eigenvalue weighted by molar-refractivity contribution is 6.31. The maximum atomic E-state index is 13.6. The molecule has 1 N–H and O–H groups in total. The van der Waals surface area contributed by atoms with Gasteiger partial charge in [-0.25, -0.2) is 8.78 Å². The lowest BCUT2D eigenvalue weighted by Gasteiger charge is -2.07. The number of benzene rings is 2. The van der Waals surface area contributed by atoms with Gasteiger partial charge in [0, 0.05) is 5.69 Å². The highest BCUT2D eigenvalue weighted by Gasteiger charge is 2.13. The molecule has 1 amide bonds. The van der Waals surface area contributed by atoms with E-state index in [0.717, 1.165) is 12.1 Å². The summed E-state index contributed by atoms with van der Waals surface area (Å²) in [6, 6.07) is 8.88. The summed E-state index contributed by atoms with van der Waals surface area (Å²) in [5.74, 6) is -2.14. The zero-order valence-electron chi connectivity index (χ0n) is 9.95. The van der Waals surface area contributed by atoms with Crippen LogP contribution in [0.5, 0.6) is 0 Å². The summed E-state index contributed by atoms with van der Waals surface area (Å²) in [5, 5.41) is 10.9. The van der Waals surface area contributed by atoms with Crippen molar-refractivity contribution in [3.05, 3.63) is 64.2 Å². The summed E-state index contributed by atoms with van der Waals surface area (Å²) in [7, 11) is 0. The predicted molar refractivity (Wildman–Crippen MR) is 70.5 cm³/mol. The van der Waals surface area contributed by atoms with Crippen LogP contribution in [0.4, 0.5) is 14.5 Å². The number of carbonyl (C=O) groups is 1. The Kier molecular flexibility index (Phi) is 3.97. The van der Waals surface area contributed by atoms with Gasteiger partial charge in [0.15, 0.2) is 0 Å². The van der Waals surface area contributed by atoms with Gasteiger partial charge in [-0.3, -0.25) is 4.79 Å². The lowest BCUT2D eigenvalue weighted by atomic mass is 10.1. The van der Waals surface area contributed by atoms with Crippen molar-refractivity contribution in [3.8, 4) is 6.07 Å². The van der Waals surface area contributed by atoms with Crippen LogP contribution in [0.25, 0.3) is 0 Å². The zero-order valence-corrected chi connectivity index (χ0v) is 10.7. The second kappa shape index (κ2) is 5.68. The van der Waals surface area contributed by atoms with Gasteiger partial charge in [0.1, 0.15) is 11.6 Å². The van der Waals surface area contributed by atoms with E-state index in [0.29, 0.717) is 0 Å². The molecule has 0 aliphatic carbocycles. The number of nitrogens with zero attached hydrogens (tertiary/aromatic N) is 1. The second-order valence-corrected chi connectivity index (χ2v) is 4.30. The molecule has 20 heavy (non-hydrogen) atoms. The van der Waals surface area contributed by atoms with E-state index in [9.17, 15) is 13.6 Å². The molecule has 2 aromatic rings. The van der Waals surface area contributed by atoms with E-state index in [1.165, 1.54) is 24.3 Å². The van der Waals surface area contributed by atoms with Gasteiger partial charge in [-0.15, -0.1) is 0 Å². The second-order valence-electron chi connectivity index (χ2n) is 3.89. The number of hydrogen-bond acceptors (Lipinski definition) is 2. The molecule has 0 fully saturated rings. The summed E-state index contributed by atoms with van der Waals surface area (Å²) in [6.45, 7) is 0. The molecule has 0 saturated carbocycles. The lowest BCUT2D eigenvalue weighted by Crippen LogP contribution is -2.13. The summed E-state index contributed by atoms with van der Waals surface area (Å²) in [4.78, 5) is 11.9. The molecule has 0 aliphatic heterocycles. The third-order valence-corrected chi connectivity index (χ3v) is 2.81. The van der Waals surface area contributed by atoms with Crippen LogP contribution in [-0.4, -0.2) is 5.91 Å². The van der Waals surface area contributed by atoms with Gasteiger partial charge in [0.25, 0.3) is 5.91 Å². The number of nitrogens with one attached hydrogen (secondary N) is 1. The van der Waals surface area contributed by atoms with Gasteiger partial charge < -0.3 is 5.32 Å². The highest BCUT2D eigenvalue weighted by Crippen LogP contribution is 2.20. The minimum atomic E-state index is -0.810. The van der Waals surface area contributed by atoms with E-state index in [1.54, 1.807) is 6.07 Å². The van der Waals surface area contributed by atoms with E-state index < -0.39 is 17.5 Å². The number of halogens is 3. The molecule has 0 bridgehead atoms. The molecule has 0 aromatic heterocycles. The van der Waals surface area contributed by atoms with E-state index in [1.807, 2.05) is 0 Å². The molecule has 0 spiro atoms. The lowest BCUT2D eigenvalue weighted by molar-refractivity contribution is 0.102. The average Bonchev–Trinajstić information content (AvgIpc) is 2.42. The fourth-order valence-electron chi connectivity index (χ4n) is 1.54.